The van der Waals surface area contributed by atoms with Crippen molar-refractivity contribution in [3.05, 3.63) is 57.0 Å². The number of hydrogen-bond donors (Lipinski definition) is 1. The number of amides is 1. The molecule has 0 saturated heterocycles. The van der Waals surface area contributed by atoms with E-state index >= 15 is 0 Å². The van der Waals surface area contributed by atoms with E-state index in [9.17, 15) is 14.4 Å². The number of rotatable bonds is 7. The lowest BCUT2D eigenvalue weighted by molar-refractivity contribution is -0.116. The molecule has 3 rings (SSSR count). The maximum Gasteiger partial charge on any atom is 0.338 e. The quantitative estimate of drug-likeness (QED) is 0.612. The van der Waals surface area contributed by atoms with Gasteiger partial charge in [-0.05, 0) is 31.0 Å². The summed E-state index contributed by atoms with van der Waals surface area (Å²) in [5.74, 6) is -0.672. The molecule has 2 aromatic heterocycles. The third kappa shape index (κ3) is 4.61. The zero-order valence-corrected chi connectivity index (χ0v) is 16.4. The number of aryl methyl sites for hydroxylation is 1. The van der Waals surface area contributed by atoms with Gasteiger partial charge < -0.3 is 10.1 Å². The highest BCUT2D eigenvalue weighted by Gasteiger charge is 2.12. The summed E-state index contributed by atoms with van der Waals surface area (Å²) in [6, 6.07) is 7.83. The summed E-state index contributed by atoms with van der Waals surface area (Å²) in [5, 5.41) is 7.72. The highest BCUT2D eigenvalue weighted by atomic mass is 32.1. The zero-order chi connectivity index (χ0) is 20.1. The molecular weight excluding hydrogens is 380 g/mol. The fourth-order valence-electron chi connectivity index (χ4n) is 2.51. The summed E-state index contributed by atoms with van der Waals surface area (Å²) in [5.41, 5.74) is 0.880. The van der Waals surface area contributed by atoms with Gasteiger partial charge in [0.25, 0.3) is 5.56 Å². The Morgan fingerprint density at radius 3 is 2.82 bits per heavy atom. The average molecular weight is 400 g/mol. The first kappa shape index (κ1) is 19.7. The molecule has 0 atom stereocenters. The van der Waals surface area contributed by atoms with Crippen molar-refractivity contribution in [3.63, 3.8) is 0 Å². The second-order valence-corrected chi connectivity index (χ2v) is 7.13. The van der Waals surface area contributed by atoms with Gasteiger partial charge in [0.05, 0.1) is 11.3 Å². The van der Waals surface area contributed by atoms with Crippen LogP contribution in [0.4, 0.5) is 5.69 Å². The number of benzene rings is 1. The number of hydrogen-bond acceptors (Lipinski definition) is 7. The molecule has 1 amide bonds. The molecule has 0 aliphatic heterocycles. The molecule has 0 saturated carbocycles. The zero-order valence-electron chi connectivity index (χ0n) is 15.6. The number of anilines is 1. The Morgan fingerprint density at radius 1 is 1.25 bits per heavy atom. The summed E-state index contributed by atoms with van der Waals surface area (Å²) in [7, 11) is 0. The van der Waals surface area contributed by atoms with Crippen molar-refractivity contribution in [1.29, 1.82) is 0 Å². The minimum Gasteiger partial charge on any atom is -0.456 e. The highest BCUT2D eigenvalue weighted by molar-refractivity contribution is 7.16. The number of fused-ring (bicyclic) bond motifs is 1. The summed E-state index contributed by atoms with van der Waals surface area (Å²) in [4.78, 5) is 41.0. The molecule has 2 heterocycles. The fraction of sp³-hybridized carbons (Fsp3) is 0.316. The number of nitrogens with one attached hydrogen (secondary N) is 1. The molecule has 0 spiro atoms. The number of esters is 1. The van der Waals surface area contributed by atoms with Gasteiger partial charge in [-0.2, -0.15) is 9.61 Å². The molecule has 0 bridgehead atoms. The van der Waals surface area contributed by atoms with E-state index in [0.717, 1.165) is 11.4 Å². The maximum absolute atomic E-state index is 12.3. The van der Waals surface area contributed by atoms with Crippen molar-refractivity contribution in [3.8, 4) is 0 Å². The maximum atomic E-state index is 12.3. The Bertz CT molecular complexity index is 1070. The lowest BCUT2D eigenvalue weighted by Gasteiger charge is -2.07. The number of carbonyl (C=O) groups excluding carboxylic acids is 2. The van der Waals surface area contributed by atoms with Crippen LogP contribution in [0.1, 0.15) is 47.7 Å². The molecule has 28 heavy (non-hydrogen) atoms. The Balaban J connectivity index is 1.69. The summed E-state index contributed by atoms with van der Waals surface area (Å²) >= 11 is 1.33. The normalized spacial score (nSPS) is 10.8. The second kappa shape index (κ2) is 8.75. The van der Waals surface area contributed by atoms with Gasteiger partial charge in [-0.25, -0.2) is 9.78 Å². The Hall–Kier alpha value is -3.07. The summed E-state index contributed by atoms with van der Waals surface area (Å²) in [6.45, 7) is 3.74. The van der Waals surface area contributed by atoms with E-state index in [2.05, 4.69) is 15.4 Å². The summed E-state index contributed by atoms with van der Waals surface area (Å²) < 4.78 is 6.53. The Kier molecular flexibility index (Phi) is 6.15. The van der Waals surface area contributed by atoms with Gasteiger partial charge in [-0.3, -0.25) is 9.59 Å². The number of aromatic nitrogens is 3. The number of carbonyl (C=O) groups is 2. The monoisotopic (exact) mass is 400 g/mol. The van der Waals surface area contributed by atoms with E-state index in [0.29, 0.717) is 34.7 Å². The fourth-order valence-corrected chi connectivity index (χ4v) is 3.37. The predicted molar refractivity (Wildman–Crippen MR) is 106 cm³/mol. The van der Waals surface area contributed by atoms with Crippen LogP contribution in [0.15, 0.2) is 35.1 Å². The standard InChI is InChI=1S/C19H20N4O4S/c1-3-6-15(24)20-13-8-5-7-12(9-13)18(26)27-11-14-10-17(25)23-19(21-14)28-16(4-2)22-23/h5,7-10H,3-4,6,11H2,1-2H3,(H,20,24). The number of ether oxygens (including phenoxy) is 1. The average Bonchev–Trinajstić information content (AvgIpc) is 3.10. The van der Waals surface area contributed by atoms with Crippen LogP contribution in [0.25, 0.3) is 4.96 Å². The van der Waals surface area contributed by atoms with Gasteiger partial charge in [-0.1, -0.05) is 31.3 Å². The first-order valence-corrected chi connectivity index (χ1v) is 9.77. The van der Waals surface area contributed by atoms with E-state index < -0.39 is 5.97 Å². The van der Waals surface area contributed by atoms with Gasteiger partial charge in [0, 0.05) is 18.2 Å². The minimum atomic E-state index is -0.563. The molecule has 3 aromatic rings. The molecule has 0 aliphatic rings. The smallest absolute Gasteiger partial charge is 0.338 e. The molecule has 0 radical (unpaired) electrons. The molecule has 0 fully saturated rings. The molecule has 1 N–H and O–H groups in total. The van der Waals surface area contributed by atoms with Crippen molar-refractivity contribution in [1.82, 2.24) is 14.6 Å². The van der Waals surface area contributed by atoms with Gasteiger partial charge in [0.2, 0.25) is 10.9 Å². The van der Waals surface area contributed by atoms with Crippen molar-refractivity contribution < 1.29 is 14.3 Å². The van der Waals surface area contributed by atoms with Crippen LogP contribution >= 0.6 is 11.3 Å². The Morgan fingerprint density at radius 2 is 2.07 bits per heavy atom. The summed E-state index contributed by atoms with van der Waals surface area (Å²) in [6.07, 6.45) is 1.86. The third-order valence-corrected chi connectivity index (χ3v) is 4.91. The van der Waals surface area contributed by atoms with Crippen molar-refractivity contribution in [2.24, 2.45) is 0 Å². The van der Waals surface area contributed by atoms with Crippen LogP contribution in [0.2, 0.25) is 0 Å². The van der Waals surface area contributed by atoms with Crippen LogP contribution in [0.5, 0.6) is 0 Å². The molecule has 1 aromatic carbocycles. The first-order chi connectivity index (χ1) is 13.5. The predicted octanol–water partition coefficient (Wildman–Crippen LogP) is 2.81. The molecule has 8 nitrogen and oxygen atoms in total. The van der Waals surface area contributed by atoms with Crippen molar-refractivity contribution >= 4 is 33.9 Å². The van der Waals surface area contributed by atoms with Gasteiger partial charge in [0.1, 0.15) is 11.6 Å². The minimum absolute atomic E-state index is 0.109. The third-order valence-electron chi connectivity index (χ3n) is 3.85. The van der Waals surface area contributed by atoms with Crippen LogP contribution in [-0.4, -0.2) is 26.5 Å². The van der Waals surface area contributed by atoms with Gasteiger partial charge in [-0.15, -0.1) is 0 Å². The molecule has 9 heteroatoms. The van der Waals surface area contributed by atoms with Crippen LogP contribution < -0.4 is 10.9 Å². The SMILES string of the molecule is CCCC(=O)Nc1cccc(C(=O)OCc2cc(=O)n3nc(CC)sc3n2)c1. The lowest BCUT2D eigenvalue weighted by Crippen LogP contribution is -2.17. The molecule has 146 valence electrons. The van der Waals surface area contributed by atoms with Crippen LogP contribution in [0, 0.1) is 0 Å². The van der Waals surface area contributed by atoms with E-state index in [1.807, 2.05) is 13.8 Å². The second-order valence-electron chi connectivity index (χ2n) is 6.08. The van der Waals surface area contributed by atoms with Gasteiger partial charge in [0.15, 0.2) is 0 Å². The lowest BCUT2D eigenvalue weighted by atomic mass is 10.2. The Labute approximate surface area is 165 Å². The molecule has 0 unspecified atom stereocenters. The molecule has 0 aliphatic carbocycles. The number of nitrogens with zero attached hydrogens (tertiary/aromatic N) is 3. The first-order valence-electron chi connectivity index (χ1n) is 8.96. The van der Waals surface area contributed by atoms with Gasteiger partial charge >= 0.3 is 5.97 Å². The van der Waals surface area contributed by atoms with Crippen molar-refractivity contribution in [2.45, 2.75) is 39.7 Å². The topological polar surface area (TPSA) is 103 Å². The largest absolute Gasteiger partial charge is 0.456 e. The molecular formula is C19H20N4O4S. The van der Waals surface area contributed by atoms with E-state index in [4.69, 9.17) is 4.74 Å². The van der Waals surface area contributed by atoms with E-state index in [1.165, 1.54) is 21.9 Å². The highest BCUT2D eigenvalue weighted by Crippen LogP contribution is 2.14. The van der Waals surface area contributed by atoms with Crippen LogP contribution in [0.3, 0.4) is 0 Å². The van der Waals surface area contributed by atoms with Crippen LogP contribution in [-0.2, 0) is 22.6 Å². The van der Waals surface area contributed by atoms with E-state index in [1.54, 1.807) is 24.3 Å². The van der Waals surface area contributed by atoms with E-state index in [-0.39, 0.29) is 18.1 Å². The van der Waals surface area contributed by atoms with Crippen molar-refractivity contribution in [2.75, 3.05) is 5.32 Å².